The molecule has 0 spiro atoms. The lowest BCUT2D eigenvalue weighted by Crippen LogP contribution is -2.37. The molecule has 1 aromatic heterocycles. The van der Waals surface area contributed by atoms with Crippen molar-refractivity contribution in [3.8, 4) is 0 Å². The number of hydrogen-bond acceptors (Lipinski definition) is 4. The smallest absolute Gasteiger partial charge is 0.262 e. The van der Waals surface area contributed by atoms with E-state index in [1.165, 1.54) is 4.31 Å². The van der Waals surface area contributed by atoms with Gasteiger partial charge in [0, 0.05) is 24.3 Å². The van der Waals surface area contributed by atoms with Crippen LogP contribution in [0.4, 0.5) is 0 Å². The van der Waals surface area contributed by atoms with E-state index in [0.29, 0.717) is 24.3 Å². The van der Waals surface area contributed by atoms with Crippen molar-refractivity contribution >= 4 is 10.0 Å². The first-order valence-electron chi connectivity index (χ1n) is 6.85. The first kappa shape index (κ1) is 17.1. The van der Waals surface area contributed by atoms with Gasteiger partial charge in [-0.1, -0.05) is 27.7 Å². The van der Waals surface area contributed by atoms with Crippen molar-refractivity contribution in [3.63, 3.8) is 0 Å². The van der Waals surface area contributed by atoms with Crippen LogP contribution < -0.4 is 0 Å². The molecule has 0 unspecified atom stereocenters. The summed E-state index contributed by atoms with van der Waals surface area (Å²) in [5.41, 5.74) is 0.933. The maximum absolute atomic E-state index is 12.7. The van der Waals surface area contributed by atoms with Crippen LogP contribution in [0.2, 0.25) is 0 Å². The molecule has 0 atom stereocenters. The highest BCUT2D eigenvalue weighted by atomic mass is 32.2. The quantitative estimate of drug-likeness (QED) is 0.799. The molecule has 0 fully saturated rings. The minimum atomic E-state index is -3.68. The summed E-state index contributed by atoms with van der Waals surface area (Å²) in [5.74, 6) is 0.447. The first-order valence-corrected chi connectivity index (χ1v) is 8.29. The number of aryl methyl sites for hydroxylation is 1. The summed E-state index contributed by atoms with van der Waals surface area (Å²) in [6.45, 7) is 10.2. The zero-order valence-corrected chi connectivity index (χ0v) is 13.7. The molecule has 116 valence electrons. The molecule has 0 aromatic carbocycles. The Morgan fingerprint density at radius 3 is 2.10 bits per heavy atom. The highest BCUT2D eigenvalue weighted by molar-refractivity contribution is 7.89. The number of nitrogens with one attached hydrogen (secondary N) is 1. The number of aromatic nitrogens is 2. The largest absolute Gasteiger partial charge is 0.392 e. The summed E-state index contributed by atoms with van der Waals surface area (Å²) in [5, 5.41) is 15.8. The van der Waals surface area contributed by atoms with Gasteiger partial charge in [-0.25, -0.2) is 8.42 Å². The van der Waals surface area contributed by atoms with Crippen LogP contribution in [0.3, 0.4) is 0 Å². The molecule has 1 aromatic rings. The Labute approximate surface area is 121 Å². The fourth-order valence-electron chi connectivity index (χ4n) is 2.04. The average molecular weight is 303 g/mol. The second-order valence-electron chi connectivity index (χ2n) is 5.90. The summed E-state index contributed by atoms with van der Waals surface area (Å²) < 4.78 is 26.9. The van der Waals surface area contributed by atoms with Gasteiger partial charge in [0.25, 0.3) is 10.0 Å². The maximum atomic E-state index is 12.7. The molecule has 2 N–H and O–H groups in total. The summed E-state index contributed by atoms with van der Waals surface area (Å²) in [7, 11) is -3.68. The Bertz CT molecular complexity index is 525. The van der Waals surface area contributed by atoms with Crippen LogP contribution in [-0.2, 0) is 16.6 Å². The second-order valence-corrected chi connectivity index (χ2v) is 7.75. The van der Waals surface area contributed by atoms with Crippen LogP contribution in [0.25, 0.3) is 0 Å². The van der Waals surface area contributed by atoms with Crippen molar-refractivity contribution in [3.05, 3.63) is 11.3 Å². The molecule has 1 heterocycles. The monoisotopic (exact) mass is 303 g/mol. The Kier molecular flexibility index (Phi) is 5.73. The van der Waals surface area contributed by atoms with Crippen molar-refractivity contribution in [2.24, 2.45) is 11.8 Å². The highest BCUT2D eigenvalue weighted by Crippen LogP contribution is 2.22. The molecule has 20 heavy (non-hydrogen) atoms. The molecule has 0 aliphatic heterocycles. The van der Waals surface area contributed by atoms with E-state index in [9.17, 15) is 13.5 Å². The lowest BCUT2D eigenvalue weighted by atomic mass is 10.2. The average Bonchev–Trinajstić information content (AvgIpc) is 2.68. The van der Waals surface area contributed by atoms with Crippen LogP contribution in [0.5, 0.6) is 0 Å². The van der Waals surface area contributed by atoms with Crippen LogP contribution in [0.15, 0.2) is 5.03 Å². The maximum Gasteiger partial charge on any atom is 0.262 e. The number of rotatable bonds is 7. The second kappa shape index (κ2) is 6.69. The number of nitrogens with zero attached hydrogens (tertiary/aromatic N) is 2. The predicted octanol–water partition coefficient (Wildman–Crippen LogP) is 1.51. The molecule has 0 aliphatic rings. The van der Waals surface area contributed by atoms with Crippen LogP contribution >= 0.6 is 0 Å². The van der Waals surface area contributed by atoms with E-state index in [2.05, 4.69) is 10.2 Å². The van der Waals surface area contributed by atoms with E-state index in [-0.39, 0.29) is 23.5 Å². The SMILES string of the molecule is Cc1[nH]nc(S(=O)(=O)N(CC(C)C)CC(C)C)c1CO. The normalized spacial score (nSPS) is 12.8. The minimum absolute atomic E-state index is 0.0567. The van der Waals surface area contributed by atoms with Crippen LogP contribution in [-0.4, -0.2) is 41.1 Å². The summed E-state index contributed by atoms with van der Waals surface area (Å²) in [6.07, 6.45) is 0. The van der Waals surface area contributed by atoms with Gasteiger partial charge in [0.05, 0.1) is 6.61 Å². The van der Waals surface area contributed by atoms with Crippen molar-refractivity contribution in [2.45, 2.75) is 46.3 Å². The van der Waals surface area contributed by atoms with Gasteiger partial charge >= 0.3 is 0 Å². The topological polar surface area (TPSA) is 86.3 Å². The number of aliphatic hydroxyl groups is 1. The Hall–Kier alpha value is -0.920. The summed E-state index contributed by atoms with van der Waals surface area (Å²) in [6, 6.07) is 0. The van der Waals surface area contributed by atoms with E-state index in [4.69, 9.17) is 0 Å². The first-order chi connectivity index (χ1) is 9.20. The molecule has 0 saturated carbocycles. The lowest BCUT2D eigenvalue weighted by Gasteiger charge is -2.25. The third-order valence-corrected chi connectivity index (χ3v) is 4.72. The molecule has 1 rings (SSSR count). The minimum Gasteiger partial charge on any atom is -0.392 e. The van der Waals surface area contributed by atoms with Gasteiger partial charge < -0.3 is 5.11 Å². The standard InChI is InChI=1S/C13H25N3O3S/c1-9(2)6-16(7-10(3)4)20(18,19)13-12(8-17)11(5)14-15-13/h9-10,17H,6-8H2,1-5H3,(H,14,15). The number of aliphatic hydroxyl groups excluding tert-OH is 1. The number of hydrogen-bond donors (Lipinski definition) is 2. The molecule has 0 radical (unpaired) electrons. The van der Waals surface area contributed by atoms with E-state index >= 15 is 0 Å². The van der Waals surface area contributed by atoms with E-state index < -0.39 is 10.0 Å². The highest BCUT2D eigenvalue weighted by Gasteiger charge is 2.31. The van der Waals surface area contributed by atoms with Crippen molar-refractivity contribution < 1.29 is 13.5 Å². The fraction of sp³-hybridized carbons (Fsp3) is 0.769. The van der Waals surface area contributed by atoms with Crippen LogP contribution in [0.1, 0.15) is 39.0 Å². The molecule has 6 nitrogen and oxygen atoms in total. The molecule has 0 amide bonds. The molecule has 7 heteroatoms. The van der Waals surface area contributed by atoms with Gasteiger partial charge in [-0.05, 0) is 18.8 Å². The van der Waals surface area contributed by atoms with Gasteiger partial charge in [0.2, 0.25) is 0 Å². The van der Waals surface area contributed by atoms with Crippen LogP contribution in [0, 0.1) is 18.8 Å². The molecule has 0 bridgehead atoms. The van der Waals surface area contributed by atoms with Gasteiger partial charge in [-0.15, -0.1) is 0 Å². The number of H-pyrrole nitrogens is 1. The fourth-order valence-corrected chi connectivity index (χ4v) is 3.96. The van der Waals surface area contributed by atoms with Crippen molar-refractivity contribution in [2.75, 3.05) is 13.1 Å². The third kappa shape index (κ3) is 3.80. The molecular formula is C13H25N3O3S. The van der Waals surface area contributed by atoms with E-state index in [1.54, 1.807) is 6.92 Å². The number of sulfonamides is 1. The molecule has 0 saturated heterocycles. The number of aromatic amines is 1. The van der Waals surface area contributed by atoms with Gasteiger partial charge in [-0.3, -0.25) is 5.10 Å². The Morgan fingerprint density at radius 1 is 1.20 bits per heavy atom. The molecule has 0 aliphatic carbocycles. The van der Waals surface area contributed by atoms with Crippen molar-refractivity contribution in [1.82, 2.24) is 14.5 Å². The predicted molar refractivity (Wildman–Crippen MR) is 77.7 cm³/mol. The molecular weight excluding hydrogens is 278 g/mol. The Morgan fingerprint density at radius 2 is 1.70 bits per heavy atom. The summed E-state index contributed by atoms with van der Waals surface area (Å²) >= 11 is 0. The van der Waals surface area contributed by atoms with Gasteiger partial charge in [-0.2, -0.15) is 9.40 Å². The Balaban J connectivity index is 3.21. The zero-order chi connectivity index (χ0) is 15.5. The summed E-state index contributed by atoms with van der Waals surface area (Å²) in [4.78, 5) is 0. The van der Waals surface area contributed by atoms with Gasteiger partial charge in [0.15, 0.2) is 5.03 Å². The van der Waals surface area contributed by atoms with E-state index in [1.807, 2.05) is 27.7 Å². The third-order valence-electron chi connectivity index (χ3n) is 2.92. The lowest BCUT2D eigenvalue weighted by molar-refractivity contribution is 0.276. The van der Waals surface area contributed by atoms with E-state index in [0.717, 1.165) is 0 Å². The van der Waals surface area contributed by atoms with Gasteiger partial charge in [0.1, 0.15) is 0 Å². The zero-order valence-electron chi connectivity index (χ0n) is 12.8. The van der Waals surface area contributed by atoms with Crippen molar-refractivity contribution in [1.29, 1.82) is 0 Å².